The highest BCUT2D eigenvalue weighted by molar-refractivity contribution is 7.04. The van der Waals surface area contributed by atoms with Gasteiger partial charge < -0.3 is 0 Å². The number of nitrogens with zero attached hydrogens (tertiary/aromatic N) is 1. The summed E-state index contributed by atoms with van der Waals surface area (Å²) in [6.07, 6.45) is 1.84. The van der Waals surface area contributed by atoms with Crippen LogP contribution in [0.2, 0.25) is 13.1 Å². The van der Waals surface area contributed by atoms with E-state index in [1.165, 1.54) is 44.5 Å². The van der Waals surface area contributed by atoms with E-state index in [-0.39, 0.29) is 0 Å². The van der Waals surface area contributed by atoms with E-state index in [1.54, 1.807) is 10.4 Å². The molecular formula is C37H29NSi. The summed E-state index contributed by atoms with van der Waals surface area (Å²) < 4.78 is 0. The van der Waals surface area contributed by atoms with Crippen molar-refractivity contribution in [3.63, 3.8) is 0 Å². The predicted molar refractivity (Wildman–Crippen MR) is 168 cm³/mol. The van der Waals surface area contributed by atoms with Crippen molar-refractivity contribution in [3.8, 4) is 55.8 Å². The third-order valence-electron chi connectivity index (χ3n) is 8.15. The van der Waals surface area contributed by atoms with Gasteiger partial charge in [-0.05, 0) is 73.1 Å². The summed E-state index contributed by atoms with van der Waals surface area (Å²) in [5.74, 6) is 0. The van der Waals surface area contributed by atoms with Crippen LogP contribution in [0.1, 0.15) is 0 Å². The summed E-state index contributed by atoms with van der Waals surface area (Å²) in [4.78, 5) is 4.51. The molecule has 1 nitrogen and oxygen atoms in total. The highest BCUT2D eigenvalue weighted by atomic mass is 28.3. The second-order valence-electron chi connectivity index (χ2n) is 10.8. The zero-order valence-electron chi connectivity index (χ0n) is 22.2. The first kappa shape index (κ1) is 23.6. The Labute approximate surface area is 231 Å². The van der Waals surface area contributed by atoms with Gasteiger partial charge in [-0.15, -0.1) is 0 Å². The molecule has 1 aliphatic rings. The maximum Gasteiger partial charge on any atom is 0.114 e. The molecule has 5 aromatic carbocycles. The molecule has 39 heavy (non-hydrogen) atoms. The minimum absolute atomic E-state index is 0.995. The predicted octanol–water partition coefficient (Wildman–Crippen LogP) is 8.55. The Balaban J connectivity index is 1.18. The van der Waals surface area contributed by atoms with E-state index in [1.807, 2.05) is 18.3 Å². The van der Waals surface area contributed by atoms with Crippen molar-refractivity contribution in [1.29, 1.82) is 0 Å². The highest BCUT2D eigenvalue weighted by Crippen LogP contribution is 2.34. The Bertz CT molecular complexity index is 1800. The Morgan fingerprint density at radius 3 is 1.72 bits per heavy atom. The molecule has 0 unspecified atom stereocenters. The Morgan fingerprint density at radius 2 is 1.00 bits per heavy atom. The van der Waals surface area contributed by atoms with Crippen LogP contribution in [0, 0.1) is 0 Å². The fraction of sp³-hybridized carbons (Fsp3) is 0.0541. The molecule has 0 bridgehead atoms. The van der Waals surface area contributed by atoms with Crippen LogP contribution >= 0.6 is 0 Å². The Hall–Kier alpha value is -4.53. The molecule has 0 fully saturated rings. The minimum Gasteiger partial charge on any atom is -0.256 e. The van der Waals surface area contributed by atoms with Gasteiger partial charge in [0.25, 0.3) is 0 Å². The number of rotatable bonds is 4. The van der Waals surface area contributed by atoms with Crippen LogP contribution in [0.15, 0.2) is 140 Å². The summed E-state index contributed by atoms with van der Waals surface area (Å²) in [5.41, 5.74) is 12.5. The van der Waals surface area contributed by atoms with E-state index in [9.17, 15) is 0 Å². The molecule has 186 valence electrons. The number of hydrogen-bond donors (Lipinski definition) is 0. The van der Waals surface area contributed by atoms with Crippen molar-refractivity contribution in [2.24, 2.45) is 0 Å². The van der Waals surface area contributed by atoms with Gasteiger partial charge in [-0.1, -0.05) is 128 Å². The molecular weight excluding hydrogens is 487 g/mol. The average Bonchev–Trinajstić information content (AvgIpc) is 3.25. The molecule has 0 atom stereocenters. The SMILES string of the molecule is C[Si]1(C)c2ccccc2-c2cccc(-c3ccc(-c4ccc(-c5cccc(-c6ccccn6)c5)cc4)cc3)c21. The molecule has 0 aliphatic carbocycles. The first-order chi connectivity index (χ1) is 19.1. The largest absolute Gasteiger partial charge is 0.256 e. The van der Waals surface area contributed by atoms with Crippen molar-refractivity contribution >= 4 is 18.4 Å². The molecule has 1 aromatic heterocycles. The van der Waals surface area contributed by atoms with Gasteiger partial charge in [0.1, 0.15) is 8.07 Å². The van der Waals surface area contributed by atoms with Crippen LogP contribution in [0.25, 0.3) is 55.8 Å². The number of fused-ring (bicyclic) bond motifs is 3. The van der Waals surface area contributed by atoms with Crippen molar-refractivity contribution in [1.82, 2.24) is 4.98 Å². The first-order valence-corrected chi connectivity index (χ1v) is 16.6. The van der Waals surface area contributed by atoms with Gasteiger partial charge >= 0.3 is 0 Å². The van der Waals surface area contributed by atoms with Gasteiger partial charge in [-0.2, -0.15) is 0 Å². The van der Waals surface area contributed by atoms with Crippen molar-refractivity contribution in [2.75, 3.05) is 0 Å². The smallest absolute Gasteiger partial charge is 0.114 e. The van der Waals surface area contributed by atoms with Gasteiger partial charge in [0.05, 0.1) is 5.69 Å². The zero-order valence-corrected chi connectivity index (χ0v) is 23.2. The number of hydrogen-bond acceptors (Lipinski definition) is 1. The fourth-order valence-electron chi connectivity index (χ4n) is 6.18. The minimum atomic E-state index is -1.75. The zero-order chi connectivity index (χ0) is 26.4. The molecule has 2 heteroatoms. The highest BCUT2D eigenvalue weighted by Gasteiger charge is 2.38. The summed E-state index contributed by atoms with van der Waals surface area (Å²) in [6.45, 7) is 4.98. The lowest BCUT2D eigenvalue weighted by atomic mass is 9.96. The maximum atomic E-state index is 4.51. The molecule has 0 saturated carbocycles. The van der Waals surface area contributed by atoms with E-state index in [4.69, 9.17) is 0 Å². The Kier molecular flexibility index (Phi) is 5.64. The van der Waals surface area contributed by atoms with Crippen molar-refractivity contribution in [3.05, 3.63) is 140 Å². The second-order valence-corrected chi connectivity index (χ2v) is 15.1. The van der Waals surface area contributed by atoms with Gasteiger partial charge in [0, 0.05) is 11.8 Å². The molecule has 6 aromatic rings. The van der Waals surface area contributed by atoms with E-state index in [0.717, 1.165) is 11.3 Å². The lowest BCUT2D eigenvalue weighted by Gasteiger charge is -2.22. The number of pyridine rings is 1. The van der Waals surface area contributed by atoms with Crippen LogP contribution in [0.4, 0.5) is 0 Å². The van der Waals surface area contributed by atoms with Crippen LogP contribution < -0.4 is 10.4 Å². The number of aromatic nitrogens is 1. The summed E-state index contributed by atoms with van der Waals surface area (Å²) >= 11 is 0. The molecule has 0 N–H and O–H groups in total. The van der Waals surface area contributed by atoms with E-state index >= 15 is 0 Å². The van der Waals surface area contributed by atoms with Crippen LogP contribution in [0.5, 0.6) is 0 Å². The topological polar surface area (TPSA) is 12.9 Å². The van der Waals surface area contributed by atoms with Crippen molar-refractivity contribution in [2.45, 2.75) is 13.1 Å². The molecule has 0 spiro atoms. The van der Waals surface area contributed by atoms with E-state index in [2.05, 4.69) is 139 Å². The average molecular weight is 516 g/mol. The summed E-state index contributed by atoms with van der Waals surface area (Å²) in [5, 5.41) is 3.12. The maximum absolute atomic E-state index is 4.51. The quantitative estimate of drug-likeness (QED) is 0.214. The molecule has 2 heterocycles. The van der Waals surface area contributed by atoms with Crippen molar-refractivity contribution < 1.29 is 0 Å². The molecule has 0 saturated heterocycles. The second kappa shape index (κ2) is 9.34. The lowest BCUT2D eigenvalue weighted by Crippen LogP contribution is -2.50. The fourth-order valence-corrected chi connectivity index (χ4v) is 9.64. The van der Waals surface area contributed by atoms with Crippen LogP contribution in [-0.2, 0) is 0 Å². The third-order valence-corrected chi connectivity index (χ3v) is 11.7. The Morgan fingerprint density at radius 1 is 0.436 bits per heavy atom. The van der Waals surface area contributed by atoms with Gasteiger partial charge in [0.2, 0.25) is 0 Å². The third kappa shape index (κ3) is 4.05. The van der Waals surface area contributed by atoms with Crippen LogP contribution in [-0.4, -0.2) is 13.1 Å². The molecule has 0 radical (unpaired) electrons. The van der Waals surface area contributed by atoms with Gasteiger partial charge in [0.15, 0.2) is 0 Å². The molecule has 0 amide bonds. The molecule has 7 rings (SSSR count). The van der Waals surface area contributed by atoms with E-state index in [0.29, 0.717) is 0 Å². The van der Waals surface area contributed by atoms with Crippen LogP contribution in [0.3, 0.4) is 0 Å². The summed E-state index contributed by atoms with van der Waals surface area (Å²) in [6, 6.07) is 48.5. The van der Waals surface area contributed by atoms with Gasteiger partial charge in [-0.3, -0.25) is 4.98 Å². The van der Waals surface area contributed by atoms with Gasteiger partial charge in [-0.25, -0.2) is 0 Å². The normalized spacial score (nSPS) is 13.1. The monoisotopic (exact) mass is 515 g/mol. The van der Waals surface area contributed by atoms with E-state index < -0.39 is 8.07 Å². The first-order valence-electron chi connectivity index (χ1n) is 13.6. The lowest BCUT2D eigenvalue weighted by molar-refractivity contribution is 1.33. The summed E-state index contributed by atoms with van der Waals surface area (Å²) in [7, 11) is -1.75. The number of benzene rings is 5. The standard InChI is InChI=1S/C37H29NSi/c1-39(2)36-15-4-3-11-33(36)34-13-8-12-32(37(34)39)29-22-20-27(21-23-29)26-16-18-28(19-17-26)30-9-7-10-31(25-30)35-14-5-6-24-38-35/h3-25H,1-2H3. The molecule has 1 aliphatic heterocycles.